The van der Waals surface area contributed by atoms with Crippen molar-refractivity contribution < 1.29 is 4.79 Å². The average molecular weight is 401 g/mol. The number of hydrogen-bond donors (Lipinski definition) is 1. The lowest BCUT2D eigenvalue weighted by molar-refractivity contribution is -0.119. The van der Waals surface area contributed by atoms with E-state index in [9.17, 15) is 4.79 Å². The molecule has 2 aromatic carbocycles. The molecule has 0 fully saturated rings. The summed E-state index contributed by atoms with van der Waals surface area (Å²) in [6.45, 7) is 5.87. The van der Waals surface area contributed by atoms with Crippen LogP contribution in [-0.2, 0) is 4.79 Å². The normalized spacial score (nSPS) is 11.4. The molecule has 0 saturated heterocycles. The highest BCUT2D eigenvalue weighted by atomic mass is 35.5. The van der Waals surface area contributed by atoms with E-state index in [1.807, 2.05) is 79.9 Å². The summed E-state index contributed by atoms with van der Waals surface area (Å²) in [5.41, 5.74) is 1.44. The van der Waals surface area contributed by atoms with Gasteiger partial charge in [-0.25, -0.2) is 0 Å². The van der Waals surface area contributed by atoms with Crippen molar-refractivity contribution in [2.24, 2.45) is 0 Å². The first-order chi connectivity index (χ1) is 12.8. The van der Waals surface area contributed by atoms with Gasteiger partial charge in [-0.15, -0.1) is 10.2 Å². The van der Waals surface area contributed by atoms with Gasteiger partial charge in [-0.3, -0.25) is 9.36 Å². The maximum absolute atomic E-state index is 12.2. The van der Waals surface area contributed by atoms with E-state index >= 15 is 0 Å². The predicted molar refractivity (Wildman–Crippen MR) is 110 cm³/mol. The minimum Gasteiger partial charge on any atom is -0.351 e. The van der Waals surface area contributed by atoms with Gasteiger partial charge in [0.1, 0.15) is 0 Å². The maximum Gasteiger partial charge on any atom is 0.230 e. The molecule has 7 heteroatoms. The van der Waals surface area contributed by atoms with E-state index in [2.05, 4.69) is 15.5 Å². The van der Waals surface area contributed by atoms with Gasteiger partial charge in [0.25, 0.3) is 0 Å². The Balaban J connectivity index is 1.96. The fourth-order valence-electron chi connectivity index (χ4n) is 2.57. The van der Waals surface area contributed by atoms with Gasteiger partial charge in [0.05, 0.1) is 10.8 Å². The third-order valence-corrected chi connectivity index (χ3v) is 4.87. The quantitative estimate of drug-likeness (QED) is 0.636. The van der Waals surface area contributed by atoms with E-state index in [0.29, 0.717) is 16.0 Å². The first-order valence-electron chi connectivity index (χ1n) is 8.55. The molecule has 3 rings (SSSR count). The Morgan fingerprint density at radius 1 is 1.07 bits per heavy atom. The van der Waals surface area contributed by atoms with Crippen LogP contribution in [0.4, 0.5) is 0 Å². The van der Waals surface area contributed by atoms with Crippen LogP contribution in [0.1, 0.15) is 20.8 Å². The Morgan fingerprint density at radius 2 is 1.74 bits per heavy atom. The second kappa shape index (κ2) is 8.15. The van der Waals surface area contributed by atoms with Crippen molar-refractivity contribution in [1.82, 2.24) is 20.1 Å². The number of hydrogen-bond acceptors (Lipinski definition) is 4. The number of thioether (sulfide) groups is 1. The molecule has 0 bridgehead atoms. The molecular formula is C20H21ClN4OS. The van der Waals surface area contributed by atoms with E-state index in [1.165, 1.54) is 11.8 Å². The molecule has 0 spiro atoms. The second-order valence-corrected chi connectivity index (χ2v) is 8.39. The van der Waals surface area contributed by atoms with Crippen molar-refractivity contribution in [3.63, 3.8) is 0 Å². The summed E-state index contributed by atoms with van der Waals surface area (Å²) in [6, 6.07) is 17.3. The number of carbonyl (C=O) groups is 1. The van der Waals surface area contributed by atoms with Crippen LogP contribution in [0.2, 0.25) is 5.02 Å². The SMILES string of the molecule is CC(C)(C)NC(=O)CSc1nnc(-c2ccccc2Cl)n1-c1ccccc1. The lowest BCUT2D eigenvalue weighted by Crippen LogP contribution is -2.41. The Morgan fingerprint density at radius 3 is 2.41 bits per heavy atom. The van der Waals surface area contributed by atoms with E-state index in [4.69, 9.17) is 11.6 Å². The van der Waals surface area contributed by atoms with Crippen molar-refractivity contribution in [3.8, 4) is 17.1 Å². The number of para-hydroxylation sites is 1. The summed E-state index contributed by atoms with van der Waals surface area (Å²) in [5.74, 6) is 0.852. The first-order valence-corrected chi connectivity index (χ1v) is 9.91. The summed E-state index contributed by atoms with van der Waals surface area (Å²) in [7, 11) is 0. The fourth-order valence-corrected chi connectivity index (χ4v) is 3.55. The van der Waals surface area contributed by atoms with Crippen molar-refractivity contribution in [2.75, 3.05) is 5.75 Å². The van der Waals surface area contributed by atoms with Crippen LogP contribution < -0.4 is 5.32 Å². The average Bonchev–Trinajstić information content (AvgIpc) is 3.03. The number of benzene rings is 2. The van der Waals surface area contributed by atoms with Gasteiger partial charge in [0.15, 0.2) is 11.0 Å². The van der Waals surface area contributed by atoms with Gasteiger partial charge < -0.3 is 5.32 Å². The number of amides is 1. The smallest absolute Gasteiger partial charge is 0.230 e. The van der Waals surface area contributed by atoms with Crippen molar-refractivity contribution in [2.45, 2.75) is 31.5 Å². The van der Waals surface area contributed by atoms with Crippen molar-refractivity contribution >= 4 is 29.3 Å². The Kier molecular flexibility index (Phi) is 5.87. The van der Waals surface area contributed by atoms with Gasteiger partial charge in [0.2, 0.25) is 5.91 Å². The molecule has 1 amide bonds. The highest BCUT2D eigenvalue weighted by molar-refractivity contribution is 7.99. The topological polar surface area (TPSA) is 59.8 Å². The van der Waals surface area contributed by atoms with Crippen LogP contribution >= 0.6 is 23.4 Å². The molecule has 0 atom stereocenters. The zero-order valence-electron chi connectivity index (χ0n) is 15.4. The number of carbonyl (C=O) groups excluding carboxylic acids is 1. The van der Waals surface area contributed by atoms with Crippen LogP contribution in [0.5, 0.6) is 0 Å². The lowest BCUT2D eigenvalue weighted by atomic mass is 10.1. The highest BCUT2D eigenvalue weighted by Gasteiger charge is 2.20. The molecular weight excluding hydrogens is 380 g/mol. The molecule has 3 aromatic rings. The summed E-state index contributed by atoms with van der Waals surface area (Å²) in [6.07, 6.45) is 0. The summed E-state index contributed by atoms with van der Waals surface area (Å²) < 4.78 is 1.93. The summed E-state index contributed by atoms with van der Waals surface area (Å²) in [5, 5.41) is 12.9. The molecule has 1 heterocycles. The first kappa shape index (κ1) is 19.5. The molecule has 0 aliphatic carbocycles. The standard InChI is InChI=1S/C20H21ClN4OS/c1-20(2,3)22-17(26)13-27-19-24-23-18(15-11-7-8-12-16(15)21)25(19)14-9-5-4-6-10-14/h4-12H,13H2,1-3H3,(H,22,26). The summed E-state index contributed by atoms with van der Waals surface area (Å²) >= 11 is 7.72. The van der Waals surface area contributed by atoms with Gasteiger partial charge in [-0.05, 0) is 45.0 Å². The number of rotatable bonds is 5. The molecule has 1 N–H and O–H groups in total. The van der Waals surface area contributed by atoms with Crippen molar-refractivity contribution in [3.05, 3.63) is 59.6 Å². The van der Waals surface area contributed by atoms with E-state index in [0.717, 1.165) is 11.3 Å². The minimum atomic E-state index is -0.270. The molecule has 27 heavy (non-hydrogen) atoms. The van der Waals surface area contributed by atoms with Gasteiger partial charge in [-0.1, -0.05) is 53.7 Å². The Bertz CT molecular complexity index is 935. The Hall–Kier alpha value is -2.31. The van der Waals surface area contributed by atoms with Crippen LogP contribution in [0.3, 0.4) is 0 Å². The largest absolute Gasteiger partial charge is 0.351 e. The predicted octanol–water partition coefficient (Wildman–Crippen LogP) is 4.59. The third kappa shape index (κ3) is 4.90. The number of nitrogens with zero attached hydrogens (tertiary/aromatic N) is 3. The van der Waals surface area contributed by atoms with Crippen LogP contribution in [0, 0.1) is 0 Å². The van der Waals surface area contributed by atoms with Gasteiger partial charge >= 0.3 is 0 Å². The second-order valence-electron chi connectivity index (χ2n) is 7.04. The van der Waals surface area contributed by atoms with Gasteiger partial charge in [0, 0.05) is 16.8 Å². The molecule has 1 aromatic heterocycles. The molecule has 140 valence electrons. The monoisotopic (exact) mass is 400 g/mol. The minimum absolute atomic E-state index is 0.0468. The molecule has 0 aliphatic rings. The molecule has 0 unspecified atom stereocenters. The number of nitrogens with one attached hydrogen (secondary N) is 1. The molecule has 0 radical (unpaired) electrons. The molecule has 5 nitrogen and oxygen atoms in total. The Labute approximate surface area is 168 Å². The van der Waals surface area contributed by atoms with E-state index in [-0.39, 0.29) is 17.2 Å². The van der Waals surface area contributed by atoms with Crippen LogP contribution in [-0.4, -0.2) is 32.0 Å². The lowest BCUT2D eigenvalue weighted by Gasteiger charge is -2.20. The van der Waals surface area contributed by atoms with Crippen LogP contribution in [0.25, 0.3) is 17.1 Å². The fraction of sp³-hybridized carbons (Fsp3) is 0.250. The third-order valence-electron chi connectivity index (χ3n) is 3.61. The van der Waals surface area contributed by atoms with E-state index < -0.39 is 0 Å². The van der Waals surface area contributed by atoms with Crippen molar-refractivity contribution in [1.29, 1.82) is 0 Å². The molecule has 0 aliphatic heterocycles. The number of halogens is 1. The number of aromatic nitrogens is 3. The zero-order chi connectivity index (χ0) is 19.4. The highest BCUT2D eigenvalue weighted by Crippen LogP contribution is 2.31. The van der Waals surface area contributed by atoms with E-state index in [1.54, 1.807) is 0 Å². The van der Waals surface area contributed by atoms with Crippen LogP contribution in [0.15, 0.2) is 59.8 Å². The van der Waals surface area contributed by atoms with Gasteiger partial charge in [-0.2, -0.15) is 0 Å². The zero-order valence-corrected chi connectivity index (χ0v) is 17.0. The summed E-state index contributed by atoms with van der Waals surface area (Å²) in [4.78, 5) is 12.2. The molecule has 0 saturated carbocycles. The maximum atomic E-state index is 12.2.